The topological polar surface area (TPSA) is 76.7 Å². The number of carbonyl (C=O) groups is 2. The lowest BCUT2D eigenvalue weighted by Gasteiger charge is -2.12. The van der Waals surface area contributed by atoms with E-state index < -0.39 is 11.8 Å². The van der Waals surface area contributed by atoms with Gasteiger partial charge in [0.05, 0.1) is 12.2 Å². The van der Waals surface area contributed by atoms with Gasteiger partial charge in [-0.25, -0.2) is 0 Å². The van der Waals surface area contributed by atoms with Crippen LogP contribution < -0.4 is 20.3 Å². The molecule has 2 N–H and O–H groups in total. The Hall–Kier alpha value is -3.02. The second-order valence-electron chi connectivity index (χ2n) is 5.90. The standard InChI is InChI=1S/C20H24N2O4/c1-4-11-25-18-8-6-5-7-16(18)20(24)22-21-19(23)13-26-17-10-9-14(2)12-15(17)3/h5-10,12H,4,11,13H2,1-3H3,(H,21,23)(H,22,24). The molecule has 0 aromatic heterocycles. The van der Waals surface area contributed by atoms with Crippen molar-refractivity contribution in [3.8, 4) is 11.5 Å². The van der Waals surface area contributed by atoms with E-state index in [1.807, 2.05) is 39.0 Å². The van der Waals surface area contributed by atoms with Crippen LogP contribution >= 0.6 is 0 Å². The van der Waals surface area contributed by atoms with Crippen LogP contribution in [0.15, 0.2) is 42.5 Å². The van der Waals surface area contributed by atoms with E-state index in [1.165, 1.54) is 0 Å². The number of amides is 2. The van der Waals surface area contributed by atoms with Crippen molar-refractivity contribution in [2.24, 2.45) is 0 Å². The second kappa shape index (κ2) is 9.46. The minimum absolute atomic E-state index is 0.196. The highest BCUT2D eigenvalue weighted by Gasteiger charge is 2.13. The third-order valence-electron chi connectivity index (χ3n) is 3.60. The molecule has 2 amide bonds. The Balaban J connectivity index is 1.86. The van der Waals surface area contributed by atoms with Gasteiger partial charge in [-0.3, -0.25) is 20.4 Å². The number of hydrogen-bond donors (Lipinski definition) is 2. The summed E-state index contributed by atoms with van der Waals surface area (Å²) in [6.07, 6.45) is 0.836. The van der Waals surface area contributed by atoms with Crippen LogP contribution in [-0.4, -0.2) is 25.0 Å². The number of benzene rings is 2. The van der Waals surface area contributed by atoms with Gasteiger partial charge in [0.2, 0.25) is 0 Å². The van der Waals surface area contributed by atoms with E-state index in [4.69, 9.17) is 9.47 Å². The first-order valence-corrected chi connectivity index (χ1v) is 8.52. The normalized spacial score (nSPS) is 10.1. The van der Waals surface area contributed by atoms with Crippen LogP contribution in [0, 0.1) is 13.8 Å². The van der Waals surface area contributed by atoms with Crippen molar-refractivity contribution < 1.29 is 19.1 Å². The molecule has 0 heterocycles. The molecule has 6 heteroatoms. The highest BCUT2D eigenvalue weighted by atomic mass is 16.5. The van der Waals surface area contributed by atoms with Crippen molar-refractivity contribution in [1.29, 1.82) is 0 Å². The molecule has 26 heavy (non-hydrogen) atoms. The molecule has 0 unspecified atom stereocenters. The molecule has 0 bridgehead atoms. The van der Waals surface area contributed by atoms with Crippen molar-refractivity contribution >= 4 is 11.8 Å². The molecule has 0 radical (unpaired) electrons. The first kappa shape index (κ1) is 19.3. The van der Waals surface area contributed by atoms with Crippen molar-refractivity contribution in [2.45, 2.75) is 27.2 Å². The lowest BCUT2D eigenvalue weighted by molar-refractivity contribution is -0.123. The van der Waals surface area contributed by atoms with Crippen LogP contribution in [0.2, 0.25) is 0 Å². The van der Waals surface area contributed by atoms with Crippen LogP contribution in [0.1, 0.15) is 34.8 Å². The summed E-state index contributed by atoms with van der Waals surface area (Å²) in [5.74, 6) is 0.213. The molecule has 0 saturated heterocycles. The molecule has 2 rings (SSSR count). The fourth-order valence-electron chi connectivity index (χ4n) is 2.33. The lowest BCUT2D eigenvalue weighted by Crippen LogP contribution is -2.44. The first-order valence-electron chi connectivity index (χ1n) is 8.52. The minimum Gasteiger partial charge on any atom is -0.493 e. The predicted octanol–water partition coefficient (Wildman–Crippen LogP) is 2.93. The molecule has 0 aliphatic carbocycles. The Morgan fingerprint density at radius 2 is 1.73 bits per heavy atom. The molecule has 2 aromatic rings. The summed E-state index contributed by atoms with van der Waals surface area (Å²) < 4.78 is 11.0. The molecule has 2 aromatic carbocycles. The molecule has 0 spiro atoms. The summed E-state index contributed by atoms with van der Waals surface area (Å²) in [7, 11) is 0. The van der Waals surface area contributed by atoms with Gasteiger partial charge >= 0.3 is 0 Å². The van der Waals surface area contributed by atoms with E-state index in [2.05, 4.69) is 10.9 Å². The molecule has 138 valence electrons. The van der Waals surface area contributed by atoms with E-state index in [9.17, 15) is 9.59 Å². The summed E-state index contributed by atoms with van der Waals surface area (Å²) >= 11 is 0. The van der Waals surface area contributed by atoms with Crippen LogP contribution in [-0.2, 0) is 4.79 Å². The van der Waals surface area contributed by atoms with E-state index >= 15 is 0 Å². The second-order valence-corrected chi connectivity index (χ2v) is 5.90. The SMILES string of the molecule is CCCOc1ccccc1C(=O)NNC(=O)COc1ccc(C)cc1C. The van der Waals surface area contributed by atoms with Gasteiger partial charge in [-0.1, -0.05) is 36.8 Å². The van der Waals surface area contributed by atoms with Gasteiger partial charge in [0, 0.05) is 0 Å². The van der Waals surface area contributed by atoms with Crippen LogP contribution in [0.3, 0.4) is 0 Å². The maximum atomic E-state index is 12.3. The number of para-hydroxylation sites is 1. The zero-order chi connectivity index (χ0) is 18.9. The third kappa shape index (κ3) is 5.51. The van der Waals surface area contributed by atoms with Crippen molar-refractivity contribution in [1.82, 2.24) is 10.9 Å². The number of aryl methyl sites for hydroxylation is 2. The van der Waals surface area contributed by atoms with Gasteiger partial charge in [0.25, 0.3) is 11.8 Å². The Morgan fingerprint density at radius 3 is 2.46 bits per heavy atom. The molecular formula is C20H24N2O4. The smallest absolute Gasteiger partial charge is 0.276 e. The maximum absolute atomic E-state index is 12.3. The molecule has 0 aliphatic rings. The number of carbonyl (C=O) groups excluding carboxylic acids is 2. The van der Waals surface area contributed by atoms with Gasteiger partial charge in [-0.05, 0) is 44.0 Å². The first-order chi connectivity index (χ1) is 12.5. The zero-order valence-corrected chi connectivity index (χ0v) is 15.3. The Bertz CT molecular complexity index is 774. The van der Waals surface area contributed by atoms with Gasteiger partial charge in [-0.2, -0.15) is 0 Å². The zero-order valence-electron chi connectivity index (χ0n) is 15.3. The number of nitrogens with one attached hydrogen (secondary N) is 2. The quantitative estimate of drug-likeness (QED) is 0.748. The summed E-state index contributed by atoms with van der Waals surface area (Å²) in [6.45, 7) is 6.20. The molecule has 0 fully saturated rings. The summed E-state index contributed by atoms with van der Waals surface area (Å²) in [6, 6.07) is 12.6. The minimum atomic E-state index is -0.453. The maximum Gasteiger partial charge on any atom is 0.276 e. The molecular weight excluding hydrogens is 332 g/mol. The number of hydrogen-bond acceptors (Lipinski definition) is 4. The number of hydrazine groups is 1. The van der Waals surface area contributed by atoms with Gasteiger partial charge < -0.3 is 9.47 Å². The fourth-order valence-corrected chi connectivity index (χ4v) is 2.33. The van der Waals surface area contributed by atoms with E-state index in [-0.39, 0.29) is 6.61 Å². The highest BCUT2D eigenvalue weighted by molar-refractivity contribution is 5.97. The van der Waals surface area contributed by atoms with Crippen molar-refractivity contribution in [3.63, 3.8) is 0 Å². The van der Waals surface area contributed by atoms with Gasteiger partial charge in [0.1, 0.15) is 11.5 Å². The van der Waals surface area contributed by atoms with Crippen LogP contribution in [0.4, 0.5) is 0 Å². The average Bonchev–Trinajstić information content (AvgIpc) is 2.64. The summed E-state index contributed by atoms with van der Waals surface area (Å²) in [5.41, 5.74) is 7.15. The molecule has 0 aliphatic heterocycles. The number of rotatable bonds is 7. The molecule has 0 atom stereocenters. The van der Waals surface area contributed by atoms with Gasteiger partial charge in [-0.15, -0.1) is 0 Å². The Labute approximate surface area is 153 Å². The third-order valence-corrected chi connectivity index (χ3v) is 3.60. The largest absolute Gasteiger partial charge is 0.493 e. The molecule has 6 nitrogen and oxygen atoms in total. The van der Waals surface area contributed by atoms with E-state index in [0.717, 1.165) is 17.5 Å². The highest BCUT2D eigenvalue weighted by Crippen LogP contribution is 2.19. The summed E-state index contributed by atoms with van der Waals surface area (Å²) in [5, 5.41) is 0. The van der Waals surface area contributed by atoms with E-state index in [1.54, 1.807) is 24.3 Å². The fraction of sp³-hybridized carbons (Fsp3) is 0.300. The van der Waals surface area contributed by atoms with Crippen molar-refractivity contribution in [3.05, 3.63) is 59.2 Å². The van der Waals surface area contributed by atoms with Crippen LogP contribution in [0.25, 0.3) is 0 Å². The van der Waals surface area contributed by atoms with E-state index in [0.29, 0.717) is 23.7 Å². The Morgan fingerprint density at radius 1 is 0.962 bits per heavy atom. The predicted molar refractivity (Wildman–Crippen MR) is 99.2 cm³/mol. The van der Waals surface area contributed by atoms with Gasteiger partial charge in [0.15, 0.2) is 6.61 Å². The molecule has 0 saturated carbocycles. The lowest BCUT2D eigenvalue weighted by atomic mass is 10.1. The van der Waals surface area contributed by atoms with Crippen LogP contribution in [0.5, 0.6) is 11.5 Å². The monoisotopic (exact) mass is 356 g/mol. The summed E-state index contributed by atoms with van der Waals surface area (Å²) in [4.78, 5) is 24.2. The van der Waals surface area contributed by atoms with Crippen molar-refractivity contribution in [2.75, 3.05) is 13.2 Å². The number of ether oxygens (including phenoxy) is 2. The Kier molecular flexibility index (Phi) is 7.02. The average molecular weight is 356 g/mol.